The normalized spacial score (nSPS) is 14.8. The molecule has 2 aromatic carbocycles. The van der Waals surface area contributed by atoms with Crippen LogP contribution in [0.4, 0.5) is 13.2 Å². The Bertz CT molecular complexity index is 1210. The largest absolute Gasteiger partial charge is 0.872 e. The lowest BCUT2D eigenvalue weighted by molar-refractivity contribution is -0.901. The molecule has 170 valence electrons. The summed E-state index contributed by atoms with van der Waals surface area (Å²) in [4.78, 5) is 14.4. The number of halogens is 3. The van der Waals surface area contributed by atoms with Crippen LogP contribution >= 0.6 is 0 Å². The fourth-order valence-corrected chi connectivity index (χ4v) is 4.22. The molecule has 9 heteroatoms. The molecule has 1 fully saturated rings. The third kappa shape index (κ3) is 3.88. The molecular formula is C23H22F3NO5. The maximum atomic E-state index is 14.0. The fraction of sp³-hybridized carbons (Fsp3) is 0.348. The van der Waals surface area contributed by atoms with Gasteiger partial charge in [0.15, 0.2) is 11.5 Å². The number of hydrogen-bond donors (Lipinski definition) is 1. The van der Waals surface area contributed by atoms with Gasteiger partial charge in [-0.15, -0.1) is 0 Å². The van der Waals surface area contributed by atoms with Crippen molar-refractivity contribution < 1.29 is 37.1 Å². The van der Waals surface area contributed by atoms with Crippen LogP contribution in [0.1, 0.15) is 24.2 Å². The zero-order valence-corrected chi connectivity index (χ0v) is 17.6. The van der Waals surface area contributed by atoms with Crippen molar-refractivity contribution in [3.8, 4) is 28.4 Å². The molecule has 0 spiro atoms. The first-order valence-corrected chi connectivity index (χ1v) is 10.2. The summed E-state index contributed by atoms with van der Waals surface area (Å²) in [5.74, 6) is -1.40. The summed E-state index contributed by atoms with van der Waals surface area (Å²) < 4.78 is 57.7. The monoisotopic (exact) mass is 449 g/mol. The highest BCUT2D eigenvalue weighted by Crippen LogP contribution is 2.40. The second-order valence-corrected chi connectivity index (χ2v) is 7.76. The van der Waals surface area contributed by atoms with Crippen LogP contribution in [-0.2, 0) is 12.7 Å². The molecule has 0 amide bonds. The van der Waals surface area contributed by atoms with Crippen LogP contribution in [0.3, 0.4) is 0 Å². The molecule has 0 aliphatic carbocycles. The second-order valence-electron chi connectivity index (χ2n) is 7.76. The van der Waals surface area contributed by atoms with E-state index < -0.39 is 28.7 Å². The molecule has 0 saturated carbocycles. The van der Waals surface area contributed by atoms with Crippen LogP contribution in [0.5, 0.6) is 17.2 Å². The van der Waals surface area contributed by atoms with Crippen molar-refractivity contribution in [2.24, 2.45) is 0 Å². The van der Waals surface area contributed by atoms with E-state index in [9.17, 15) is 23.1 Å². The summed E-state index contributed by atoms with van der Waals surface area (Å²) in [5.41, 5.74) is -1.71. The lowest BCUT2D eigenvalue weighted by Crippen LogP contribution is -3.08. The highest BCUT2D eigenvalue weighted by atomic mass is 19.4. The van der Waals surface area contributed by atoms with E-state index in [2.05, 4.69) is 0 Å². The van der Waals surface area contributed by atoms with Gasteiger partial charge in [0, 0.05) is 18.4 Å². The molecule has 0 atom stereocenters. The predicted molar refractivity (Wildman–Crippen MR) is 109 cm³/mol. The summed E-state index contributed by atoms with van der Waals surface area (Å²) in [6.45, 7) is 1.85. The molecule has 1 aliphatic rings. The van der Waals surface area contributed by atoms with Crippen LogP contribution in [-0.4, -0.2) is 27.3 Å². The van der Waals surface area contributed by atoms with Gasteiger partial charge in [0.2, 0.25) is 11.2 Å². The van der Waals surface area contributed by atoms with Crippen molar-refractivity contribution in [3.63, 3.8) is 0 Å². The van der Waals surface area contributed by atoms with Gasteiger partial charge >= 0.3 is 6.18 Å². The van der Waals surface area contributed by atoms with Gasteiger partial charge in [-0.3, -0.25) is 4.79 Å². The standard InChI is InChI=1S/C23H22F3NO5/c1-30-17-8-5-13(11-18(17)31-2)19-20(29)14-6-7-16(28)15(12-27-9-3-4-10-27)21(14)32-22(19)23(24,25)26/h5-8,11,28H,3-4,9-10,12H2,1-2H3. The summed E-state index contributed by atoms with van der Waals surface area (Å²) in [6, 6.07) is 6.50. The summed E-state index contributed by atoms with van der Waals surface area (Å²) in [6.07, 6.45) is -2.99. The van der Waals surface area contributed by atoms with Crippen LogP contribution in [0.15, 0.2) is 39.5 Å². The van der Waals surface area contributed by atoms with Gasteiger partial charge < -0.3 is 23.9 Å². The number of hydrogen-bond acceptors (Lipinski definition) is 5. The van der Waals surface area contributed by atoms with E-state index >= 15 is 0 Å². The minimum atomic E-state index is -4.95. The Hall–Kier alpha value is -3.20. The average Bonchev–Trinajstić information content (AvgIpc) is 3.27. The van der Waals surface area contributed by atoms with E-state index in [0.717, 1.165) is 30.8 Å². The lowest BCUT2D eigenvalue weighted by Gasteiger charge is -2.20. The van der Waals surface area contributed by atoms with E-state index in [4.69, 9.17) is 13.9 Å². The lowest BCUT2D eigenvalue weighted by atomic mass is 9.99. The maximum Gasteiger partial charge on any atom is 0.450 e. The van der Waals surface area contributed by atoms with Crippen LogP contribution in [0.2, 0.25) is 0 Å². The molecule has 32 heavy (non-hydrogen) atoms. The molecular weight excluding hydrogens is 427 g/mol. The topological polar surface area (TPSA) is 76.2 Å². The number of nitrogens with one attached hydrogen (secondary N) is 1. The molecule has 3 aromatic rings. The first kappa shape index (κ1) is 22.0. The third-order valence-electron chi connectivity index (χ3n) is 5.79. The van der Waals surface area contributed by atoms with Crippen molar-refractivity contribution >= 4 is 11.0 Å². The minimum Gasteiger partial charge on any atom is -0.872 e. The highest BCUT2D eigenvalue weighted by Gasteiger charge is 2.40. The Morgan fingerprint density at radius 1 is 1.06 bits per heavy atom. The number of alkyl halides is 3. The van der Waals surface area contributed by atoms with Gasteiger partial charge in [-0.05, 0) is 23.8 Å². The number of methoxy groups -OCH3 is 2. The molecule has 1 aromatic heterocycles. The zero-order valence-electron chi connectivity index (χ0n) is 17.6. The number of likely N-dealkylation sites (tertiary alicyclic amines) is 1. The van der Waals surface area contributed by atoms with E-state index in [1.54, 1.807) is 0 Å². The predicted octanol–water partition coefficient (Wildman–Crippen LogP) is 2.75. The smallest absolute Gasteiger partial charge is 0.450 e. The van der Waals surface area contributed by atoms with Gasteiger partial charge in [-0.2, -0.15) is 13.2 Å². The molecule has 1 saturated heterocycles. The Morgan fingerprint density at radius 3 is 2.38 bits per heavy atom. The van der Waals surface area contributed by atoms with Crippen LogP contribution in [0.25, 0.3) is 22.1 Å². The summed E-state index contributed by atoms with van der Waals surface area (Å²) in [5, 5.41) is 12.5. The van der Waals surface area contributed by atoms with Crippen molar-refractivity contribution in [1.82, 2.24) is 0 Å². The molecule has 0 radical (unpaired) electrons. The SMILES string of the molecule is COc1ccc(-c2c(C(F)(F)F)oc3c(C[NH+]4CCCC4)c([O-])ccc3c2=O)cc1OC. The fourth-order valence-electron chi connectivity index (χ4n) is 4.22. The van der Waals surface area contributed by atoms with Crippen molar-refractivity contribution in [1.29, 1.82) is 0 Å². The first-order chi connectivity index (χ1) is 15.2. The Morgan fingerprint density at radius 2 is 1.75 bits per heavy atom. The molecule has 1 N–H and O–H groups in total. The van der Waals surface area contributed by atoms with E-state index in [1.165, 1.54) is 44.6 Å². The molecule has 1 aliphatic heterocycles. The zero-order chi connectivity index (χ0) is 23.0. The number of rotatable bonds is 5. The maximum absolute atomic E-state index is 14.0. The third-order valence-corrected chi connectivity index (χ3v) is 5.79. The van der Waals surface area contributed by atoms with Crippen molar-refractivity contribution in [2.75, 3.05) is 27.3 Å². The first-order valence-electron chi connectivity index (χ1n) is 10.2. The van der Waals surface area contributed by atoms with Crippen LogP contribution < -0.4 is 24.9 Å². The molecule has 4 rings (SSSR count). The molecule has 6 nitrogen and oxygen atoms in total. The Balaban J connectivity index is 1.99. The van der Waals surface area contributed by atoms with Gasteiger partial charge in [-0.25, -0.2) is 0 Å². The van der Waals surface area contributed by atoms with E-state index in [-0.39, 0.29) is 34.4 Å². The minimum absolute atomic E-state index is 0.0245. The van der Waals surface area contributed by atoms with Gasteiger partial charge in [0.25, 0.3) is 0 Å². The van der Waals surface area contributed by atoms with E-state index in [0.29, 0.717) is 5.75 Å². The van der Waals surface area contributed by atoms with Crippen molar-refractivity contribution in [3.05, 3.63) is 51.9 Å². The number of fused-ring (bicyclic) bond motifs is 1. The highest BCUT2D eigenvalue weighted by molar-refractivity contribution is 5.87. The van der Waals surface area contributed by atoms with Gasteiger partial charge in [0.1, 0.15) is 12.1 Å². The summed E-state index contributed by atoms with van der Waals surface area (Å²) >= 11 is 0. The van der Waals surface area contributed by atoms with Gasteiger partial charge in [-0.1, -0.05) is 17.9 Å². The Kier molecular flexibility index (Phi) is 5.77. The molecule has 2 heterocycles. The molecule has 0 bridgehead atoms. The van der Waals surface area contributed by atoms with E-state index in [1.807, 2.05) is 0 Å². The molecule has 0 unspecified atom stereocenters. The number of ether oxygens (including phenoxy) is 2. The number of quaternary nitrogens is 1. The average molecular weight is 449 g/mol. The Labute approximate surface area is 181 Å². The quantitative estimate of drug-likeness (QED) is 0.649. The second kappa shape index (κ2) is 8.38. The van der Waals surface area contributed by atoms with Gasteiger partial charge in [0.05, 0.1) is 38.3 Å². The summed E-state index contributed by atoms with van der Waals surface area (Å²) in [7, 11) is 2.74. The van der Waals surface area contributed by atoms with Crippen molar-refractivity contribution in [2.45, 2.75) is 25.6 Å². The van der Waals surface area contributed by atoms with Crippen LogP contribution in [0, 0.1) is 0 Å². The number of benzene rings is 2.